The molecule has 1 aliphatic carbocycles. The third-order valence-corrected chi connectivity index (χ3v) is 3.98. The molecule has 2 nitrogen and oxygen atoms in total. The largest absolute Gasteiger partial charge is 0.487 e. The van der Waals surface area contributed by atoms with Gasteiger partial charge in [0.2, 0.25) is 29.1 Å². The molecule has 0 spiro atoms. The number of halogens is 5. The van der Waals surface area contributed by atoms with Crippen LogP contribution in [0.2, 0.25) is 0 Å². The average Bonchev–Trinajstić information content (AvgIpc) is 2.51. The molecule has 0 amide bonds. The van der Waals surface area contributed by atoms with Crippen molar-refractivity contribution in [2.75, 3.05) is 13.2 Å². The van der Waals surface area contributed by atoms with Crippen LogP contribution in [-0.4, -0.2) is 13.2 Å². The fraction of sp³-hybridized carbons (Fsp3) is 0.571. The highest BCUT2D eigenvalue weighted by molar-refractivity contribution is 5.29. The van der Waals surface area contributed by atoms with Crippen molar-refractivity contribution in [1.29, 1.82) is 0 Å². The van der Waals surface area contributed by atoms with E-state index in [1.165, 1.54) is 0 Å². The Labute approximate surface area is 119 Å². The van der Waals surface area contributed by atoms with Crippen molar-refractivity contribution in [2.45, 2.75) is 25.7 Å². The Morgan fingerprint density at radius 3 is 1.81 bits per heavy atom. The summed E-state index contributed by atoms with van der Waals surface area (Å²) < 4.78 is 70.8. The lowest BCUT2D eigenvalue weighted by atomic mass is 9.80. The SMILES string of the molecule is NCC1CCCCC1COc1c(F)c(F)c(F)c(F)c1F. The van der Waals surface area contributed by atoms with Crippen molar-refractivity contribution in [3.63, 3.8) is 0 Å². The summed E-state index contributed by atoms with van der Waals surface area (Å²) in [5.41, 5.74) is 5.62. The van der Waals surface area contributed by atoms with Crippen LogP contribution < -0.4 is 10.5 Å². The van der Waals surface area contributed by atoms with E-state index in [1.54, 1.807) is 0 Å². The summed E-state index contributed by atoms with van der Waals surface area (Å²) in [5.74, 6) is -11.2. The van der Waals surface area contributed by atoms with Gasteiger partial charge in [0.25, 0.3) is 0 Å². The Kier molecular flexibility index (Phi) is 5.03. The summed E-state index contributed by atoms with van der Waals surface area (Å²) >= 11 is 0. The lowest BCUT2D eigenvalue weighted by Gasteiger charge is -2.30. The molecule has 2 atom stereocenters. The second-order valence-electron chi connectivity index (χ2n) is 5.25. The minimum atomic E-state index is -2.19. The molecule has 21 heavy (non-hydrogen) atoms. The molecule has 0 aliphatic heterocycles. The van der Waals surface area contributed by atoms with E-state index in [9.17, 15) is 22.0 Å². The van der Waals surface area contributed by atoms with Crippen molar-refractivity contribution in [1.82, 2.24) is 0 Å². The Hall–Kier alpha value is -1.37. The molecule has 1 aromatic rings. The number of benzene rings is 1. The first-order valence-corrected chi connectivity index (χ1v) is 6.81. The van der Waals surface area contributed by atoms with Crippen molar-refractivity contribution in [2.24, 2.45) is 17.6 Å². The van der Waals surface area contributed by atoms with Gasteiger partial charge in [0.1, 0.15) is 0 Å². The first-order valence-electron chi connectivity index (χ1n) is 6.81. The smallest absolute Gasteiger partial charge is 0.206 e. The molecule has 1 saturated carbocycles. The Morgan fingerprint density at radius 2 is 1.29 bits per heavy atom. The normalized spacial score (nSPS) is 22.4. The van der Waals surface area contributed by atoms with Crippen LogP contribution in [0, 0.1) is 40.9 Å². The van der Waals surface area contributed by atoms with Gasteiger partial charge in [-0.15, -0.1) is 0 Å². The predicted octanol–water partition coefficient (Wildman–Crippen LogP) is 3.53. The second-order valence-corrected chi connectivity index (χ2v) is 5.25. The lowest BCUT2D eigenvalue weighted by Crippen LogP contribution is -2.31. The number of hydrogen-bond acceptors (Lipinski definition) is 2. The molecular weight excluding hydrogens is 293 g/mol. The molecule has 1 aromatic carbocycles. The quantitative estimate of drug-likeness (QED) is 0.525. The van der Waals surface area contributed by atoms with E-state index in [0.717, 1.165) is 25.7 Å². The predicted molar refractivity (Wildman–Crippen MR) is 66.2 cm³/mol. The second kappa shape index (κ2) is 6.60. The molecule has 0 saturated heterocycles. The summed E-state index contributed by atoms with van der Waals surface area (Å²) in [5, 5.41) is 0. The van der Waals surface area contributed by atoms with Gasteiger partial charge in [-0.3, -0.25) is 0 Å². The topological polar surface area (TPSA) is 35.2 Å². The van der Waals surface area contributed by atoms with Gasteiger partial charge in [-0.05, 0) is 31.2 Å². The van der Waals surface area contributed by atoms with Crippen LogP contribution in [0.1, 0.15) is 25.7 Å². The third-order valence-electron chi connectivity index (χ3n) is 3.98. The lowest BCUT2D eigenvalue weighted by molar-refractivity contribution is 0.142. The highest BCUT2D eigenvalue weighted by Gasteiger charge is 2.29. The zero-order valence-corrected chi connectivity index (χ0v) is 11.3. The number of rotatable bonds is 4. The average molecular weight is 309 g/mol. The van der Waals surface area contributed by atoms with E-state index in [4.69, 9.17) is 10.5 Å². The highest BCUT2D eigenvalue weighted by atomic mass is 19.2. The molecule has 2 N–H and O–H groups in total. The number of hydrogen-bond donors (Lipinski definition) is 1. The molecule has 2 unspecified atom stereocenters. The zero-order chi connectivity index (χ0) is 15.6. The van der Waals surface area contributed by atoms with E-state index in [2.05, 4.69) is 0 Å². The molecular formula is C14H16F5NO. The molecule has 7 heteroatoms. The summed E-state index contributed by atoms with van der Waals surface area (Å²) in [6.45, 7) is 0.297. The van der Waals surface area contributed by atoms with Gasteiger partial charge in [0.15, 0.2) is 5.75 Å². The Balaban J connectivity index is 2.16. The Bertz CT molecular complexity index is 494. The van der Waals surface area contributed by atoms with Crippen molar-refractivity contribution in [3.8, 4) is 5.75 Å². The highest BCUT2D eigenvalue weighted by Crippen LogP contribution is 2.33. The van der Waals surface area contributed by atoms with Gasteiger partial charge in [-0.1, -0.05) is 12.8 Å². The maximum atomic E-state index is 13.5. The zero-order valence-electron chi connectivity index (χ0n) is 11.3. The fourth-order valence-electron chi connectivity index (χ4n) is 2.72. The first-order chi connectivity index (χ1) is 9.97. The molecule has 0 aromatic heterocycles. The molecule has 1 aliphatic rings. The molecule has 0 bridgehead atoms. The fourth-order valence-corrected chi connectivity index (χ4v) is 2.72. The summed E-state index contributed by atoms with van der Waals surface area (Å²) in [4.78, 5) is 0. The maximum absolute atomic E-state index is 13.5. The molecule has 118 valence electrons. The van der Waals surface area contributed by atoms with Crippen LogP contribution in [-0.2, 0) is 0 Å². The van der Waals surface area contributed by atoms with E-state index < -0.39 is 34.8 Å². The monoisotopic (exact) mass is 309 g/mol. The van der Waals surface area contributed by atoms with Crippen LogP contribution in [0.15, 0.2) is 0 Å². The minimum Gasteiger partial charge on any atom is -0.487 e. The van der Waals surface area contributed by atoms with Crippen LogP contribution in [0.4, 0.5) is 22.0 Å². The van der Waals surface area contributed by atoms with Crippen LogP contribution in [0.3, 0.4) is 0 Å². The number of ether oxygens (including phenoxy) is 1. The van der Waals surface area contributed by atoms with Crippen molar-refractivity contribution < 1.29 is 26.7 Å². The van der Waals surface area contributed by atoms with Gasteiger partial charge in [0, 0.05) is 0 Å². The van der Waals surface area contributed by atoms with Crippen LogP contribution >= 0.6 is 0 Å². The van der Waals surface area contributed by atoms with Gasteiger partial charge >= 0.3 is 0 Å². The molecule has 0 radical (unpaired) electrons. The first kappa shape index (κ1) is 16.0. The molecule has 0 heterocycles. The van der Waals surface area contributed by atoms with E-state index >= 15 is 0 Å². The molecule has 1 fully saturated rings. The maximum Gasteiger partial charge on any atom is 0.206 e. The van der Waals surface area contributed by atoms with Gasteiger partial charge in [-0.2, -0.15) is 8.78 Å². The van der Waals surface area contributed by atoms with Crippen molar-refractivity contribution in [3.05, 3.63) is 29.1 Å². The third kappa shape index (κ3) is 3.12. The van der Waals surface area contributed by atoms with E-state index in [-0.39, 0.29) is 18.4 Å². The van der Waals surface area contributed by atoms with E-state index in [0.29, 0.717) is 6.54 Å². The van der Waals surface area contributed by atoms with Crippen LogP contribution in [0.25, 0.3) is 0 Å². The Morgan fingerprint density at radius 1 is 0.810 bits per heavy atom. The van der Waals surface area contributed by atoms with E-state index in [1.807, 2.05) is 0 Å². The summed E-state index contributed by atoms with van der Waals surface area (Å²) in [6, 6.07) is 0. The van der Waals surface area contributed by atoms with Gasteiger partial charge in [-0.25, -0.2) is 13.2 Å². The van der Waals surface area contributed by atoms with Crippen LogP contribution in [0.5, 0.6) is 5.75 Å². The molecule has 2 rings (SSSR count). The van der Waals surface area contributed by atoms with Crippen molar-refractivity contribution >= 4 is 0 Å². The number of nitrogens with two attached hydrogens (primary N) is 1. The summed E-state index contributed by atoms with van der Waals surface area (Å²) in [7, 11) is 0. The standard InChI is InChI=1S/C14H16F5NO/c15-9-10(16)12(18)14(13(19)11(9)17)21-6-8-4-2-1-3-7(8)5-20/h7-8H,1-6,20H2. The summed E-state index contributed by atoms with van der Waals surface area (Å²) in [6.07, 6.45) is 3.58. The van der Waals surface area contributed by atoms with Gasteiger partial charge < -0.3 is 10.5 Å². The minimum absolute atomic E-state index is 0.0428. The van der Waals surface area contributed by atoms with Gasteiger partial charge in [0.05, 0.1) is 6.61 Å².